The maximum absolute atomic E-state index is 12.4. The van der Waals surface area contributed by atoms with Crippen LogP contribution < -0.4 is 10.2 Å². The highest BCUT2D eigenvalue weighted by Crippen LogP contribution is 2.53. The van der Waals surface area contributed by atoms with Gasteiger partial charge in [-0.1, -0.05) is 75.7 Å². The minimum absolute atomic E-state index is 0.0779. The molecule has 2 aliphatic heterocycles. The molecule has 0 spiro atoms. The van der Waals surface area contributed by atoms with Gasteiger partial charge in [0.15, 0.2) is 0 Å². The van der Waals surface area contributed by atoms with Gasteiger partial charge in [0, 0.05) is 11.1 Å². The van der Waals surface area contributed by atoms with Crippen LogP contribution in [0.4, 0.5) is 5.69 Å². The minimum atomic E-state index is -0.531. The molecule has 2 aromatic carbocycles. The lowest BCUT2D eigenvalue weighted by Crippen LogP contribution is -2.58. The maximum atomic E-state index is 12.4. The third-order valence-electron chi connectivity index (χ3n) is 6.25. The molecule has 1 N–H and O–H groups in total. The molecule has 0 aliphatic carbocycles. The third-order valence-corrected chi connectivity index (χ3v) is 6.25. The number of hydrogen-bond acceptors (Lipinski definition) is 2. The van der Waals surface area contributed by atoms with Crippen LogP contribution in [0.5, 0.6) is 0 Å². The van der Waals surface area contributed by atoms with Crippen molar-refractivity contribution in [1.29, 1.82) is 0 Å². The molecule has 1 fully saturated rings. The number of fused-ring (bicyclic) bond motifs is 3. The summed E-state index contributed by atoms with van der Waals surface area (Å²) in [6.45, 7) is 11.4. The van der Waals surface area contributed by atoms with Crippen molar-refractivity contribution in [2.45, 2.75) is 51.6 Å². The van der Waals surface area contributed by atoms with Gasteiger partial charge in [-0.15, -0.1) is 0 Å². The molecule has 0 aromatic heterocycles. The normalized spacial score (nSPS) is 23.0. The molecule has 1 atom stereocenters. The first-order chi connectivity index (χ1) is 12.7. The summed E-state index contributed by atoms with van der Waals surface area (Å²) in [4.78, 5) is 14.6. The second-order valence-corrected chi connectivity index (χ2v) is 8.70. The zero-order chi connectivity index (χ0) is 19.4. The van der Waals surface area contributed by atoms with Crippen LogP contribution in [0.1, 0.15) is 55.9 Å². The van der Waals surface area contributed by atoms with E-state index in [1.165, 1.54) is 16.7 Å². The number of anilines is 1. The van der Waals surface area contributed by atoms with Crippen molar-refractivity contribution < 1.29 is 4.79 Å². The number of carbonyl (C=O) groups excluding carboxylic acids is 1. The van der Waals surface area contributed by atoms with Crippen LogP contribution in [0.25, 0.3) is 6.08 Å². The van der Waals surface area contributed by atoms with E-state index < -0.39 is 5.66 Å². The van der Waals surface area contributed by atoms with Crippen LogP contribution in [-0.2, 0) is 10.2 Å². The van der Waals surface area contributed by atoms with Gasteiger partial charge < -0.3 is 10.2 Å². The van der Waals surface area contributed by atoms with Gasteiger partial charge in [0.2, 0.25) is 5.91 Å². The molecule has 1 unspecified atom stereocenters. The summed E-state index contributed by atoms with van der Waals surface area (Å²) in [5, 5.41) is 3.29. The Morgan fingerprint density at radius 2 is 1.81 bits per heavy atom. The van der Waals surface area contributed by atoms with Crippen molar-refractivity contribution in [2.24, 2.45) is 0 Å². The highest BCUT2D eigenvalue weighted by molar-refractivity contribution is 5.91. The average Bonchev–Trinajstić information content (AvgIpc) is 3.05. The van der Waals surface area contributed by atoms with Crippen molar-refractivity contribution in [1.82, 2.24) is 5.32 Å². The van der Waals surface area contributed by atoms with Crippen LogP contribution in [0.2, 0.25) is 0 Å². The molecule has 0 saturated carbocycles. The first-order valence-corrected chi connectivity index (χ1v) is 9.73. The van der Waals surface area contributed by atoms with Crippen LogP contribution >= 0.6 is 0 Å². The molecule has 1 saturated heterocycles. The van der Waals surface area contributed by atoms with Crippen LogP contribution in [0, 0.1) is 6.92 Å². The van der Waals surface area contributed by atoms with E-state index in [2.05, 4.69) is 99.5 Å². The number of amides is 1. The van der Waals surface area contributed by atoms with Crippen LogP contribution in [-0.4, -0.2) is 18.1 Å². The molecule has 3 nitrogen and oxygen atoms in total. The Labute approximate surface area is 162 Å². The summed E-state index contributed by atoms with van der Waals surface area (Å²) in [6.07, 6.45) is 4.32. The molecule has 3 heteroatoms. The van der Waals surface area contributed by atoms with Crippen molar-refractivity contribution >= 4 is 17.7 Å². The molecule has 2 heterocycles. The number of nitrogens with zero attached hydrogens (tertiary/aromatic N) is 1. The average molecular weight is 361 g/mol. The molecule has 0 radical (unpaired) electrons. The van der Waals surface area contributed by atoms with Crippen molar-refractivity contribution in [3.8, 4) is 0 Å². The quantitative estimate of drug-likeness (QED) is 0.856. The highest BCUT2D eigenvalue weighted by Gasteiger charge is 2.59. The SMILES string of the molecule is Cc1ccc2c(c1)C(C)(C)C1(C=Cc3ccc(C(C)C)cc3)NC(=O)CN21. The molecule has 4 rings (SSSR count). The zero-order valence-electron chi connectivity index (χ0n) is 16.8. The van der Waals surface area contributed by atoms with E-state index in [1.54, 1.807) is 0 Å². The molecule has 2 aliphatic rings. The molecule has 1 amide bonds. The number of hydrogen-bond donors (Lipinski definition) is 1. The molecule has 140 valence electrons. The number of aryl methyl sites for hydroxylation is 1. The van der Waals surface area contributed by atoms with E-state index in [0.29, 0.717) is 12.5 Å². The fourth-order valence-corrected chi connectivity index (χ4v) is 4.50. The lowest BCUT2D eigenvalue weighted by Gasteiger charge is -2.40. The van der Waals surface area contributed by atoms with Gasteiger partial charge >= 0.3 is 0 Å². The smallest absolute Gasteiger partial charge is 0.241 e. The second-order valence-electron chi connectivity index (χ2n) is 8.70. The first-order valence-electron chi connectivity index (χ1n) is 9.73. The number of benzene rings is 2. The summed E-state index contributed by atoms with van der Waals surface area (Å²) in [5.74, 6) is 0.604. The largest absolute Gasteiger partial charge is 0.335 e. The summed E-state index contributed by atoms with van der Waals surface area (Å²) in [6, 6.07) is 15.2. The molecule has 2 aromatic rings. The molecule has 27 heavy (non-hydrogen) atoms. The van der Waals surface area contributed by atoms with E-state index in [0.717, 1.165) is 11.3 Å². The summed E-state index contributed by atoms with van der Waals surface area (Å²) >= 11 is 0. The van der Waals surface area contributed by atoms with E-state index in [1.807, 2.05) is 0 Å². The molecular weight excluding hydrogens is 332 g/mol. The van der Waals surface area contributed by atoms with Gasteiger partial charge in [-0.05, 0) is 41.7 Å². The first kappa shape index (κ1) is 17.8. The third kappa shape index (κ3) is 2.60. The predicted octanol–water partition coefficient (Wildman–Crippen LogP) is 4.76. The Morgan fingerprint density at radius 1 is 1.11 bits per heavy atom. The van der Waals surface area contributed by atoms with Crippen LogP contribution in [0.15, 0.2) is 48.5 Å². The summed E-state index contributed by atoms with van der Waals surface area (Å²) in [5.41, 5.74) is 5.43. The predicted molar refractivity (Wildman–Crippen MR) is 112 cm³/mol. The fourth-order valence-electron chi connectivity index (χ4n) is 4.50. The van der Waals surface area contributed by atoms with Gasteiger partial charge in [-0.3, -0.25) is 4.79 Å². The van der Waals surface area contributed by atoms with E-state index in [9.17, 15) is 4.79 Å². The van der Waals surface area contributed by atoms with E-state index >= 15 is 0 Å². The zero-order valence-corrected chi connectivity index (χ0v) is 16.8. The van der Waals surface area contributed by atoms with Gasteiger partial charge in [0.05, 0.1) is 6.54 Å². The van der Waals surface area contributed by atoms with Crippen molar-refractivity contribution in [3.63, 3.8) is 0 Å². The Morgan fingerprint density at radius 3 is 2.48 bits per heavy atom. The number of nitrogens with one attached hydrogen (secondary N) is 1. The van der Waals surface area contributed by atoms with E-state index in [4.69, 9.17) is 0 Å². The highest BCUT2D eigenvalue weighted by atomic mass is 16.2. The minimum Gasteiger partial charge on any atom is -0.335 e. The Bertz CT molecular complexity index is 924. The topological polar surface area (TPSA) is 32.3 Å². The standard InChI is InChI=1S/C24H28N2O/c1-16(2)19-9-7-18(8-10-19)12-13-24-23(4,5)20-14-17(3)6-11-21(20)26(24)15-22(27)25-24/h6-14,16H,15H2,1-5H3,(H,25,27). The lowest BCUT2D eigenvalue weighted by molar-refractivity contribution is -0.118. The van der Waals surface area contributed by atoms with Gasteiger partial charge in [-0.2, -0.15) is 0 Å². The van der Waals surface area contributed by atoms with Gasteiger partial charge in [0.1, 0.15) is 5.66 Å². The maximum Gasteiger partial charge on any atom is 0.241 e. The Kier molecular flexibility index (Phi) is 3.95. The van der Waals surface area contributed by atoms with E-state index in [-0.39, 0.29) is 11.3 Å². The van der Waals surface area contributed by atoms with Gasteiger partial charge in [-0.25, -0.2) is 0 Å². The van der Waals surface area contributed by atoms with Crippen molar-refractivity contribution in [2.75, 3.05) is 11.4 Å². The number of rotatable bonds is 3. The fraction of sp³-hybridized carbons (Fsp3) is 0.375. The monoisotopic (exact) mass is 360 g/mol. The summed E-state index contributed by atoms with van der Waals surface area (Å²) < 4.78 is 0. The van der Waals surface area contributed by atoms with Gasteiger partial charge in [0.25, 0.3) is 0 Å². The lowest BCUT2D eigenvalue weighted by atomic mass is 9.75. The van der Waals surface area contributed by atoms with Crippen molar-refractivity contribution in [3.05, 3.63) is 70.8 Å². The Balaban J connectivity index is 1.76. The molecular formula is C24H28N2O. The number of carbonyl (C=O) groups is 1. The second kappa shape index (κ2) is 5.98. The van der Waals surface area contributed by atoms with Crippen LogP contribution in [0.3, 0.4) is 0 Å². The Hall–Kier alpha value is -2.55. The summed E-state index contributed by atoms with van der Waals surface area (Å²) in [7, 11) is 0. The molecule has 0 bridgehead atoms.